The molecule has 0 unspecified atom stereocenters. The molecule has 0 saturated carbocycles. The molecule has 0 aromatic heterocycles. The van der Waals surface area contributed by atoms with Gasteiger partial charge in [0.15, 0.2) is 0 Å². The second kappa shape index (κ2) is 29.0. The van der Waals surface area contributed by atoms with Gasteiger partial charge in [0.25, 0.3) is 0 Å². The van der Waals surface area contributed by atoms with Crippen molar-refractivity contribution in [3.8, 4) is 0 Å². The van der Waals surface area contributed by atoms with E-state index in [1.54, 1.807) is 6.92 Å². The quantitative estimate of drug-likeness (QED) is 0.0350. The number of primary amides is 1. The Morgan fingerprint density at radius 3 is 1.28 bits per heavy atom. The molecule has 0 aliphatic rings. The molecule has 8 amide bonds. The molecule has 346 valence electrons. The summed E-state index contributed by atoms with van der Waals surface area (Å²) in [5.74, 6) is -6.04. The zero-order valence-electron chi connectivity index (χ0n) is 37.2. The van der Waals surface area contributed by atoms with Crippen LogP contribution in [0.25, 0.3) is 0 Å². The first-order chi connectivity index (χ1) is 28.0. The van der Waals surface area contributed by atoms with Crippen LogP contribution in [-0.2, 0) is 38.4 Å². The van der Waals surface area contributed by atoms with Crippen LogP contribution in [0.1, 0.15) is 120 Å². The van der Waals surface area contributed by atoms with Crippen molar-refractivity contribution in [1.82, 2.24) is 37.2 Å². The van der Waals surface area contributed by atoms with E-state index in [0.717, 1.165) is 0 Å². The van der Waals surface area contributed by atoms with E-state index in [0.29, 0.717) is 45.2 Å². The van der Waals surface area contributed by atoms with Gasteiger partial charge >= 0.3 is 0 Å². The number of carbonyl (C=O) groups is 8. The Kier molecular flexibility index (Phi) is 26.8. The van der Waals surface area contributed by atoms with Crippen molar-refractivity contribution in [3.05, 3.63) is 0 Å². The predicted octanol–water partition coefficient (Wildman–Crippen LogP) is -1.99. The Labute approximate surface area is 355 Å². The second-order valence-electron chi connectivity index (χ2n) is 16.6. The summed E-state index contributed by atoms with van der Waals surface area (Å²) in [6.07, 6.45) is 1.83. The van der Waals surface area contributed by atoms with Crippen LogP contribution in [0.3, 0.4) is 0 Å². The Bertz CT molecular complexity index is 1400. The number of carbonyl (C=O) groups excluding carboxylic acids is 8. The molecule has 0 heterocycles. The summed E-state index contributed by atoms with van der Waals surface area (Å²) in [6.45, 7) is 15.8. The molecule has 0 aromatic rings. The molecular weight excluding hydrogens is 779 g/mol. The summed E-state index contributed by atoms with van der Waals surface area (Å²) >= 11 is 0. The predicted molar refractivity (Wildman–Crippen MR) is 228 cm³/mol. The number of hydrogen-bond acceptors (Lipinski definition) is 12. The molecule has 0 aromatic carbocycles. The third kappa shape index (κ3) is 21.2. The first-order valence-electron chi connectivity index (χ1n) is 21.3. The standard InChI is InChI=1S/C40H77N11O9/c1-10-23(6)31(33(44)53)50-39(59)30(20-22(4)5)48-37(57)28(16-12-14-18-42)46-35(55)25(8)45-36(56)27(15-11-13-17-41)47-38(58)29(19-21(2)3)49-40(60)32(26(9)52)51-34(54)24(7)43/h21-32,52H,10-20,41-43H2,1-9H3,(H2,44,53)(H,45,56)(H,46,55)(H,47,58)(H,48,57)(H,49,60)(H,50,59)(H,51,54)/t23-,24-,25-,26+,27-,28-,29-,30-,31-,32-/m0/s1. The number of nitrogens with two attached hydrogens (primary N) is 4. The van der Waals surface area contributed by atoms with E-state index in [2.05, 4.69) is 37.2 Å². The molecule has 10 atom stereocenters. The molecule has 0 aliphatic heterocycles. The van der Waals surface area contributed by atoms with Crippen molar-refractivity contribution in [2.24, 2.45) is 40.7 Å². The lowest BCUT2D eigenvalue weighted by Gasteiger charge is -2.28. The second-order valence-corrected chi connectivity index (χ2v) is 16.6. The first kappa shape index (κ1) is 55.6. The number of unbranched alkanes of at least 4 members (excludes halogenated alkanes) is 2. The van der Waals surface area contributed by atoms with E-state index < -0.39 is 102 Å². The summed E-state index contributed by atoms with van der Waals surface area (Å²) in [5.41, 5.74) is 22.6. The maximum atomic E-state index is 13.7. The normalized spacial score (nSPS) is 16.4. The van der Waals surface area contributed by atoms with E-state index in [-0.39, 0.29) is 43.4 Å². The molecule has 0 fully saturated rings. The first-order valence-corrected chi connectivity index (χ1v) is 21.3. The molecular formula is C40H77N11O9. The van der Waals surface area contributed by atoms with Crippen molar-refractivity contribution in [2.45, 2.75) is 175 Å². The third-order valence-electron chi connectivity index (χ3n) is 9.89. The molecule has 0 spiro atoms. The fourth-order valence-corrected chi connectivity index (χ4v) is 6.08. The zero-order chi connectivity index (χ0) is 46.3. The maximum absolute atomic E-state index is 13.7. The number of aliphatic hydroxyl groups is 1. The summed E-state index contributed by atoms with van der Waals surface area (Å²) < 4.78 is 0. The van der Waals surface area contributed by atoms with Crippen LogP contribution in [0.15, 0.2) is 0 Å². The van der Waals surface area contributed by atoms with E-state index in [1.807, 2.05) is 34.6 Å². The van der Waals surface area contributed by atoms with Crippen LogP contribution in [0.5, 0.6) is 0 Å². The van der Waals surface area contributed by atoms with Crippen LogP contribution < -0.4 is 60.2 Å². The van der Waals surface area contributed by atoms with Crippen molar-refractivity contribution in [1.29, 1.82) is 0 Å². The Balaban J connectivity index is 6.23. The van der Waals surface area contributed by atoms with Crippen LogP contribution >= 0.6 is 0 Å². The molecule has 20 heteroatoms. The van der Waals surface area contributed by atoms with E-state index in [4.69, 9.17) is 22.9 Å². The molecule has 20 nitrogen and oxygen atoms in total. The smallest absolute Gasteiger partial charge is 0.245 e. The van der Waals surface area contributed by atoms with Gasteiger partial charge in [0, 0.05) is 0 Å². The minimum absolute atomic E-state index is 0.0403. The van der Waals surface area contributed by atoms with E-state index in [9.17, 15) is 43.5 Å². The number of rotatable bonds is 30. The van der Waals surface area contributed by atoms with Crippen molar-refractivity contribution in [2.75, 3.05) is 13.1 Å². The van der Waals surface area contributed by atoms with Crippen LogP contribution in [0.2, 0.25) is 0 Å². The summed E-state index contributed by atoms with van der Waals surface area (Å²) in [6, 6.07) is -9.08. The highest BCUT2D eigenvalue weighted by Gasteiger charge is 2.35. The van der Waals surface area contributed by atoms with Crippen molar-refractivity contribution < 1.29 is 43.5 Å². The minimum atomic E-state index is -1.42. The Morgan fingerprint density at radius 1 is 0.500 bits per heavy atom. The highest BCUT2D eigenvalue weighted by Crippen LogP contribution is 2.13. The van der Waals surface area contributed by atoms with Crippen molar-refractivity contribution in [3.63, 3.8) is 0 Å². The van der Waals surface area contributed by atoms with Gasteiger partial charge in [-0.25, -0.2) is 0 Å². The molecule has 60 heavy (non-hydrogen) atoms. The van der Waals surface area contributed by atoms with E-state index >= 15 is 0 Å². The number of amides is 8. The van der Waals surface area contributed by atoms with Gasteiger partial charge in [0.1, 0.15) is 42.3 Å². The number of hydrogen-bond donors (Lipinski definition) is 12. The number of aliphatic hydroxyl groups excluding tert-OH is 1. The lowest BCUT2D eigenvalue weighted by atomic mass is 9.97. The molecule has 0 aliphatic carbocycles. The van der Waals surface area contributed by atoms with Gasteiger partial charge in [-0.3, -0.25) is 38.4 Å². The zero-order valence-corrected chi connectivity index (χ0v) is 37.2. The Hall–Kier alpha value is -4.40. The van der Waals surface area contributed by atoms with Gasteiger partial charge in [-0.05, 0) is 103 Å². The topological polar surface area (TPSA) is 345 Å². The summed E-state index contributed by atoms with van der Waals surface area (Å²) in [5, 5.41) is 28.6. The highest BCUT2D eigenvalue weighted by atomic mass is 16.3. The van der Waals surface area contributed by atoms with Gasteiger partial charge in [0.05, 0.1) is 12.1 Å². The van der Waals surface area contributed by atoms with Gasteiger partial charge in [-0.2, -0.15) is 0 Å². The molecule has 0 saturated heterocycles. The average Bonchev–Trinajstić information content (AvgIpc) is 3.16. The Morgan fingerprint density at radius 2 is 0.883 bits per heavy atom. The van der Waals surface area contributed by atoms with Gasteiger partial charge < -0.3 is 65.3 Å². The van der Waals surface area contributed by atoms with E-state index in [1.165, 1.54) is 20.8 Å². The maximum Gasteiger partial charge on any atom is 0.245 e. The highest BCUT2D eigenvalue weighted by molar-refractivity contribution is 5.97. The molecule has 0 radical (unpaired) electrons. The van der Waals surface area contributed by atoms with Crippen molar-refractivity contribution >= 4 is 47.3 Å². The molecule has 16 N–H and O–H groups in total. The fourth-order valence-electron chi connectivity index (χ4n) is 6.08. The lowest BCUT2D eigenvalue weighted by molar-refractivity contribution is -0.136. The van der Waals surface area contributed by atoms with Crippen LogP contribution in [0.4, 0.5) is 0 Å². The van der Waals surface area contributed by atoms with Crippen LogP contribution in [0, 0.1) is 17.8 Å². The summed E-state index contributed by atoms with van der Waals surface area (Å²) in [7, 11) is 0. The lowest BCUT2D eigenvalue weighted by Crippen LogP contribution is -2.61. The van der Waals surface area contributed by atoms with Gasteiger partial charge in [-0.15, -0.1) is 0 Å². The SMILES string of the molecule is CC[C@H](C)[C@H](NC(=O)[C@H](CC(C)C)NC(=O)[C@H](CCCCN)NC(=O)[C@H](C)NC(=O)[C@H](CCCCN)NC(=O)[C@H](CC(C)C)NC(=O)[C@@H](NC(=O)[C@H](C)N)[C@@H](C)O)C(N)=O. The third-order valence-corrected chi connectivity index (χ3v) is 9.89. The monoisotopic (exact) mass is 856 g/mol. The molecule has 0 rings (SSSR count). The largest absolute Gasteiger partial charge is 0.391 e. The minimum Gasteiger partial charge on any atom is -0.391 e. The number of nitrogens with one attached hydrogen (secondary N) is 7. The van der Waals surface area contributed by atoms with Gasteiger partial charge in [0.2, 0.25) is 47.3 Å². The molecule has 0 bridgehead atoms. The van der Waals surface area contributed by atoms with Crippen LogP contribution in [-0.4, -0.2) is 120 Å². The fraction of sp³-hybridized carbons (Fsp3) is 0.800. The summed E-state index contributed by atoms with van der Waals surface area (Å²) in [4.78, 5) is 106. The average molecular weight is 856 g/mol. The van der Waals surface area contributed by atoms with Gasteiger partial charge in [-0.1, -0.05) is 48.0 Å².